The van der Waals surface area contributed by atoms with Gasteiger partial charge in [-0.2, -0.15) is 0 Å². The highest BCUT2D eigenvalue weighted by Gasteiger charge is 2.30. The van der Waals surface area contributed by atoms with Gasteiger partial charge in [-0.3, -0.25) is 14.8 Å². The summed E-state index contributed by atoms with van der Waals surface area (Å²) in [6.45, 7) is 1.13. The van der Waals surface area contributed by atoms with Crippen molar-refractivity contribution < 1.29 is 4.79 Å². The third kappa shape index (κ3) is 3.26. The minimum atomic E-state index is 0. The van der Waals surface area contributed by atoms with Gasteiger partial charge in [-0.15, -0.1) is 12.4 Å². The maximum atomic E-state index is 12.7. The van der Waals surface area contributed by atoms with Gasteiger partial charge in [0.2, 0.25) is 0 Å². The standard InChI is InChI=1S/C16H18N4O.ClH/c17-11-14-10-13(5-8-19-14)16(21)20-9-1-2-15(20)12-3-6-18-7-4-12;/h3-8,10,15H,1-2,9,11,17H2;1H. The van der Waals surface area contributed by atoms with Crippen molar-refractivity contribution in [2.45, 2.75) is 25.4 Å². The van der Waals surface area contributed by atoms with Crippen LogP contribution in [0.3, 0.4) is 0 Å². The van der Waals surface area contributed by atoms with E-state index >= 15 is 0 Å². The summed E-state index contributed by atoms with van der Waals surface area (Å²) in [5.41, 5.74) is 8.13. The molecule has 0 spiro atoms. The lowest BCUT2D eigenvalue weighted by atomic mass is 10.1. The summed E-state index contributed by atoms with van der Waals surface area (Å²) in [5.74, 6) is 0.0476. The van der Waals surface area contributed by atoms with Gasteiger partial charge in [0.05, 0.1) is 11.7 Å². The zero-order valence-electron chi connectivity index (χ0n) is 12.2. The lowest BCUT2D eigenvalue weighted by molar-refractivity contribution is 0.0735. The van der Waals surface area contributed by atoms with Crippen molar-refractivity contribution in [2.24, 2.45) is 5.73 Å². The van der Waals surface area contributed by atoms with Gasteiger partial charge < -0.3 is 10.6 Å². The van der Waals surface area contributed by atoms with Crippen molar-refractivity contribution >= 4 is 18.3 Å². The van der Waals surface area contributed by atoms with Gasteiger partial charge in [0.25, 0.3) is 5.91 Å². The fourth-order valence-electron chi connectivity index (χ4n) is 2.83. The second-order valence-electron chi connectivity index (χ2n) is 5.18. The summed E-state index contributed by atoms with van der Waals surface area (Å²) < 4.78 is 0. The van der Waals surface area contributed by atoms with E-state index in [-0.39, 0.29) is 24.4 Å². The van der Waals surface area contributed by atoms with Crippen LogP contribution in [0.4, 0.5) is 0 Å². The zero-order chi connectivity index (χ0) is 14.7. The maximum absolute atomic E-state index is 12.7. The molecule has 0 radical (unpaired) electrons. The normalized spacial score (nSPS) is 17.1. The van der Waals surface area contributed by atoms with Crippen molar-refractivity contribution in [3.8, 4) is 0 Å². The number of carbonyl (C=O) groups is 1. The Kier molecular flexibility index (Phi) is 5.46. The minimum Gasteiger partial charge on any atom is -0.332 e. The largest absolute Gasteiger partial charge is 0.332 e. The van der Waals surface area contributed by atoms with E-state index in [1.807, 2.05) is 17.0 Å². The highest BCUT2D eigenvalue weighted by Crippen LogP contribution is 2.32. The van der Waals surface area contributed by atoms with Crippen LogP contribution in [-0.2, 0) is 6.54 Å². The molecule has 3 heterocycles. The highest BCUT2D eigenvalue weighted by molar-refractivity contribution is 5.94. The first kappa shape index (κ1) is 16.4. The summed E-state index contributed by atoms with van der Waals surface area (Å²) in [5, 5.41) is 0. The van der Waals surface area contributed by atoms with Crippen LogP contribution in [0.1, 0.15) is 40.5 Å². The van der Waals surface area contributed by atoms with Gasteiger partial charge in [0.1, 0.15) is 0 Å². The van der Waals surface area contributed by atoms with Crippen molar-refractivity contribution in [1.82, 2.24) is 14.9 Å². The average molecular weight is 319 g/mol. The molecule has 5 nitrogen and oxygen atoms in total. The third-order valence-corrected chi connectivity index (χ3v) is 3.88. The molecular weight excluding hydrogens is 300 g/mol. The highest BCUT2D eigenvalue weighted by atomic mass is 35.5. The van der Waals surface area contributed by atoms with Gasteiger partial charge in [-0.1, -0.05) is 0 Å². The van der Waals surface area contributed by atoms with E-state index in [0.29, 0.717) is 12.1 Å². The molecule has 2 aromatic heterocycles. The average Bonchev–Trinajstić information content (AvgIpc) is 3.04. The van der Waals surface area contributed by atoms with Crippen LogP contribution < -0.4 is 5.73 Å². The molecule has 0 aromatic carbocycles. The molecule has 6 heteroatoms. The van der Waals surface area contributed by atoms with Gasteiger partial charge in [-0.05, 0) is 42.7 Å². The molecule has 116 valence electrons. The molecule has 0 bridgehead atoms. The molecule has 22 heavy (non-hydrogen) atoms. The van der Waals surface area contributed by atoms with Crippen LogP contribution in [0, 0.1) is 0 Å². The Bertz CT molecular complexity index is 635. The van der Waals surface area contributed by atoms with E-state index < -0.39 is 0 Å². The molecule has 1 aliphatic heterocycles. The minimum absolute atomic E-state index is 0. The quantitative estimate of drug-likeness (QED) is 0.942. The van der Waals surface area contributed by atoms with E-state index in [1.165, 1.54) is 0 Å². The SMILES string of the molecule is Cl.NCc1cc(C(=O)N2CCCC2c2ccncc2)ccn1. The molecule has 1 fully saturated rings. The topological polar surface area (TPSA) is 72.1 Å². The number of pyridine rings is 2. The molecule has 0 saturated carbocycles. The van der Waals surface area contributed by atoms with E-state index in [2.05, 4.69) is 9.97 Å². The van der Waals surface area contributed by atoms with Crippen molar-refractivity contribution in [3.63, 3.8) is 0 Å². The number of nitrogens with zero attached hydrogens (tertiary/aromatic N) is 3. The van der Waals surface area contributed by atoms with Crippen LogP contribution in [0.5, 0.6) is 0 Å². The lowest BCUT2D eigenvalue weighted by Gasteiger charge is -2.25. The molecule has 1 saturated heterocycles. The Labute approximate surface area is 136 Å². The second-order valence-corrected chi connectivity index (χ2v) is 5.18. The predicted octanol–water partition coefficient (Wildman–Crippen LogP) is 2.33. The van der Waals surface area contributed by atoms with Crippen molar-refractivity contribution in [2.75, 3.05) is 6.54 Å². The van der Waals surface area contributed by atoms with Crippen LogP contribution in [0.25, 0.3) is 0 Å². The summed E-state index contributed by atoms with van der Waals surface area (Å²) >= 11 is 0. The Balaban J connectivity index is 0.00000176. The Hall–Kier alpha value is -1.98. The van der Waals surface area contributed by atoms with Crippen LogP contribution in [0.15, 0.2) is 42.9 Å². The number of likely N-dealkylation sites (tertiary alicyclic amines) is 1. The number of carbonyl (C=O) groups excluding carboxylic acids is 1. The number of hydrogen-bond donors (Lipinski definition) is 1. The number of amides is 1. The number of nitrogens with two attached hydrogens (primary N) is 1. The van der Waals surface area contributed by atoms with Crippen LogP contribution in [-0.4, -0.2) is 27.3 Å². The summed E-state index contributed by atoms with van der Waals surface area (Å²) in [7, 11) is 0. The molecule has 2 N–H and O–H groups in total. The first-order valence-corrected chi connectivity index (χ1v) is 7.15. The fourth-order valence-corrected chi connectivity index (χ4v) is 2.83. The molecule has 1 aliphatic rings. The number of halogens is 1. The second kappa shape index (κ2) is 7.33. The van der Waals surface area contributed by atoms with Crippen LogP contribution >= 0.6 is 12.4 Å². The fraction of sp³-hybridized carbons (Fsp3) is 0.312. The van der Waals surface area contributed by atoms with Gasteiger partial charge in [-0.25, -0.2) is 0 Å². The summed E-state index contributed by atoms with van der Waals surface area (Å²) in [6, 6.07) is 7.63. The molecular formula is C16H19ClN4O. The molecule has 1 amide bonds. The maximum Gasteiger partial charge on any atom is 0.254 e. The lowest BCUT2D eigenvalue weighted by Crippen LogP contribution is -2.30. The van der Waals surface area contributed by atoms with E-state index in [9.17, 15) is 4.79 Å². The number of rotatable bonds is 3. The summed E-state index contributed by atoms with van der Waals surface area (Å²) in [6.07, 6.45) is 7.20. The van der Waals surface area contributed by atoms with Crippen LogP contribution in [0.2, 0.25) is 0 Å². The Morgan fingerprint density at radius 1 is 1.27 bits per heavy atom. The summed E-state index contributed by atoms with van der Waals surface area (Å²) in [4.78, 5) is 22.9. The first-order valence-electron chi connectivity index (χ1n) is 7.15. The van der Waals surface area contributed by atoms with Gasteiger partial charge >= 0.3 is 0 Å². The van der Waals surface area contributed by atoms with E-state index in [0.717, 1.165) is 30.6 Å². The van der Waals surface area contributed by atoms with E-state index in [1.54, 1.807) is 30.7 Å². The Morgan fingerprint density at radius 2 is 2.05 bits per heavy atom. The monoisotopic (exact) mass is 318 g/mol. The zero-order valence-corrected chi connectivity index (χ0v) is 13.0. The molecule has 0 aliphatic carbocycles. The Morgan fingerprint density at radius 3 is 2.77 bits per heavy atom. The van der Waals surface area contributed by atoms with Gasteiger partial charge in [0, 0.05) is 37.2 Å². The first-order chi connectivity index (χ1) is 10.3. The molecule has 2 aromatic rings. The van der Waals surface area contributed by atoms with Gasteiger partial charge in [0.15, 0.2) is 0 Å². The van der Waals surface area contributed by atoms with Crippen molar-refractivity contribution in [1.29, 1.82) is 0 Å². The molecule has 1 unspecified atom stereocenters. The predicted molar refractivity (Wildman–Crippen MR) is 86.6 cm³/mol. The number of hydrogen-bond acceptors (Lipinski definition) is 4. The molecule has 3 rings (SSSR count). The third-order valence-electron chi connectivity index (χ3n) is 3.88. The van der Waals surface area contributed by atoms with Crippen molar-refractivity contribution in [3.05, 3.63) is 59.7 Å². The molecule has 1 atom stereocenters. The smallest absolute Gasteiger partial charge is 0.254 e. The van der Waals surface area contributed by atoms with E-state index in [4.69, 9.17) is 5.73 Å². The number of aromatic nitrogens is 2.